The fraction of sp³-hybridized carbons (Fsp3) is 0.538. The number of rotatable bonds is 4. The van der Waals surface area contributed by atoms with E-state index in [1.54, 1.807) is 18.2 Å². The van der Waals surface area contributed by atoms with Crippen molar-refractivity contribution in [3.63, 3.8) is 0 Å². The van der Waals surface area contributed by atoms with Crippen LogP contribution in [0, 0.1) is 5.82 Å². The van der Waals surface area contributed by atoms with Crippen molar-refractivity contribution in [2.75, 3.05) is 32.8 Å². The Morgan fingerprint density at radius 1 is 1.47 bits per heavy atom. The molecule has 1 aromatic rings. The second-order valence-electron chi connectivity index (χ2n) is 4.43. The van der Waals surface area contributed by atoms with Crippen molar-refractivity contribution in [1.29, 1.82) is 0 Å². The first-order valence-corrected chi connectivity index (χ1v) is 6.09. The lowest BCUT2D eigenvalue weighted by Gasteiger charge is -2.31. The average Bonchev–Trinajstić information content (AvgIpc) is 2.32. The third-order valence-electron chi connectivity index (χ3n) is 2.95. The summed E-state index contributed by atoms with van der Waals surface area (Å²) in [6, 6.07) is 7.06. The van der Waals surface area contributed by atoms with Crippen LogP contribution in [-0.4, -0.2) is 43.7 Å². The van der Waals surface area contributed by atoms with Crippen molar-refractivity contribution in [2.24, 2.45) is 0 Å². The van der Waals surface area contributed by atoms with Crippen molar-refractivity contribution in [2.45, 2.75) is 13.0 Å². The molecule has 1 heterocycles. The second-order valence-corrected chi connectivity index (χ2v) is 4.43. The van der Waals surface area contributed by atoms with Gasteiger partial charge in [-0.2, -0.15) is 0 Å². The van der Waals surface area contributed by atoms with Crippen molar-refractivity contribution in [3.05, 3.63) is 30.1 Å². The molecule has 2 rings (SSSR count). The minimum absolute atomic E-state index is 0.291. The van der Waals surface area contributed by atoms with Crippen LogP contribution >= 0.6 is 0 Å². The molecule has 0 aromatic heterocycles. The Bertz CT molecular complexity index is 359. The molecule has 0 radical (unpaired) electrons. The van der Waals surface area contributed by atoms with E-state index in [2.05, 4.69) is 17.1 Å². The van der Waals surface area contributed by atoms with E-state index in [0.29, 0.717) is 18.4 Å². The number of hydrogen-bond acceptors (Lipinski definition) is 3. The summed E-state index contributed by atoms with van der Waals surface area (Å²) in [5.74, 6) is 0.0526. The van der Waals surface area contributed by atoms with Gasteiger partial charge in [-0.15, -0.1) is 0 Å². The molecule has 1 unspecified atom stereocenters. The summed E-state index contributed by atoms with van der Waals surface area (Å²) in [5.41, 5.74) is 0. The molecular weight excluding hydrogens is 219 g/mol. The Kier molecular flexibility index (Phi) is 4.34. The number of para-hydroxylation sites is 1. The molecule has 1 aromatic carbocycles. The Morgan fingerprint density at radius 2 is 2.29 bits per heavy atom. The van der Waals surface area contributed by atoms with Crippen LogP contribution in [0.25, 0.3) is 0 Å². The van der Waals surface area contributed by atoms with Crippen molar-refractivity contribution in [1.82, 2.24) is 10.2 Å². The summed E-state index contributed by atoms with van der Waals surface area (Å²) in [6.45, 7) is 6.63. The monoisotopic (exact) mass is 238 g/mol. The van der Waals surface area contributed by atoms with Crippen LogP contribution in [0.4, 0.5) is 4.39 Å². The van der Waals surface area contributed by atoms with Gasteiger partial charge in [0.15, 0.2) is 11.6 Å². The first-order chi connectivity index (χ1) is 8.25. The van der Waals surface area contributed by atoms with Crippen molar-refractivity contribution < 1.29 is 9.13 Å². The summed E-state index contributed by atoms with van der Waals surface area (Å²) in [7, 11) is 0. The van der Waals surface area contributed by atoms with Crippen molar-refractivity contribution >= 4 is 0 Å². The molecule has 1 N–H and O–H groups in total. The molecule has 0 amide bonds. The lowest BCUT2D eigenvalue weighted by atomic mass is 10.2. The van der Waals surface area contributed by atoms with Gasteiger partial charge in [0.1, 0.15) is 6.61 Å². The van der Waals surface area contributed by atoms with E-state index >= 15 is 0 Å². The molecule has 4 heteroatoms. The van der Waals surface area contributed by atoms with Gasteiger partial charge in [0, 0.05) is 32.2 Å². The smallest absolute Gasteiger partial charge is 0.165 e. The number of benzene rings is 1. The lowest BCUT2D eigenvalue weighted by molar-refractivity contribution is 0.168. The zero-order valence-electron chi connectivity index (χ0n) is 10.2. The molecule has 0 saturated carbocycles. The molecular formula is C13H19FN2O. The van der Waals surface area contributed by atoms with Gasteiger partial charge in [-0.05, 0) is 19.1 Å². The van der Waals surface area contributed by atoms with Crippen LogP contribution < -0.4 is 10.1 Å². The lowest BCUT2D eigenvalue weighted by Crippen LogP contribution is -2.50. The molecule has 3 nitrogen and oxygen atoms in total. The number of piperazine rings is 1. The van der Waals surface area contributed by atoms with Gasteiger partial charge in [-0.25, -0.2) is 4.39 Å². The highest BCUT2D eigenvalue weighted by Crippen LogP contribution is 2.15. The summed E-state index contributed by atoms with van der Waals surface area (Å²) < 4.78 is 18.7. The largest absolute Gasteiger partial charge is 0.489 e. The van der Waals surface area contributed by atoms with Crippen LogP contribution in [-0.2, 0) is 0 Å². The molecule has 94 valence electrons. The maximum atomic E-state index is 13.3. The number of ether oxygens (including phenoxy) is 1. The van der Waals surface area contributed by atoms with Gasteiger partial charge in [0.05, 0.1) is 0 Å². The molecule has 1 aliphatic heterocycles. The highest BCUT2D eigenvalue weighted by Gasteiger charge is 2.15. The normalized spacial score (nSPS) is 21.4. The van der Waals surface area contributed by atoms with E-state index in [9.17, 15) is 4.39 Å². The zero-order valence-corrected chi connectivity index (χ0v) is 10.2. The summed E-state index contributed by atoms with van der Waals surface area (Å²) >= 11 is 0. The molecule has 1 atom stereocenters. The van der Waals surface area contributed by atoms with Gasteiger partial charge in [0.2, 0.25) is 0 Å². The van der Waals surface area contributed by atoms with Crippen LogP contribution in [0.3, 0.4) is 0 Å². The fourth-order valence-corrected chi connectivity index (χ4v) is 2.06. The fourth-order valence-electron chi connectivity index (χ4n) is 2.06. The van der Waals surface area contributed by atoms with E-state index < -0.39 is 0 Å². The van der Waals surface area contributed by atoms with Gasteiger partial charge < -0.3 is 10.1 Å². The van der Waals surface area contributed by atoms with Gasteiger partial charge in [-0.3, -0.25) is 4.90 Å². The molecule has 0 spiro atoms. The Labute approximate surface area is 102 Å². The molecule has 17 heavy (non-hydrogen) atoms. The maximum Gasteiger partial charge on any atom is 0.165 e. The molecule has 1 fully saturated rings. The summed E-state index contributed by atoms with van der Waals surface area (Å²) in [5, 5.41) is 3.39. The number of halogens is 1. The molecule has 1 saturated heterocycles. The summed E-state index contributed by atoms with van der Waals surface area (Å²) in [6.07, 6.45) is 0. The topological polar surface area (TPSA) is 24.5 Å². The Hall–Kier alpha value is -1.13. The predicted octanol–water partition coefficient (Wildman–Crippen LogP) is 1.50. The number of nitrogens with one attached hydrogen (secondary N) is 1. The van der Waals surface area contributed by atoms with Gasteiger partial charge in [0.25, 0.3) is 0 Å². The highest BCUT2D eigenvalue weighted by atomic mass is 19.1. The first kappa shape index (κ1) is 12.3. The van der Waals surface area contributed by atoms with Crippen LogP contribution in [0.15, 0.2) is 24.3 Å². The second kappa shape index (κ2) is 5.98. The summed E-state index contributed by atoms with van der Waals surface area (Å²) in [4.78, 5) is 2.34. The maximum absolute atomic E-state index is 13.3. The van der Waals surface area contributed by atoms with Crippen LogP contribution in [0.1, 0.15) is 6.92 Å². The van der Waals surface area contributed by atoms with Crippen LogP contribution in [0.2, 0.25) is 0 Å². The van der Waals surface area contributed by atoms with Crippen LogP contribution in [0.5, 0.6) is 5.75 Å². The zero-order chi connectivity index (χ0) is 12.1. The van der Waals surface area contributed by atoms with Crippen molar-refractivity contribution in [3.8, 4) is 5.75 Å². The quantitative estimate of drug-likeness (QED) is 0.860. The minimum atomic E-state index is -0.291. The van der Waals surface area contributed by atoms with Gasteiger partial charge in [-0.1, -0.05) is 12.1 Å². The highest BCUT2D eigenvalue weighted by molar-refractivity contribution is 5.23. The standard InChI is InChI=1S/C13H19FN2O/c1-11-10-16(7-6-15-11)8-9-17-13-5-3-2-4-12(13)14/h2-5,11,15H,6-10H2,1H3. The SMILES string of the molecule is CC1CN(CCOc2ccccc2F)CCN1. The van der Waals surface area contributed by atoms with Gasteiger partial charge >= 0.3 is 0 Å². The molecule has 0 aliphatic carbocycles. The Morgan fingerprint density at radius 3 is 3.06 bits per heavy atom. The van der Waals surface area contributed by atoms with E-state index in [0.717, 1.165) is 26.2 Å². The number of nitrogens with zero attached hydrogens (tertiary/aromatic N) is 1. The third kappa shape index (κ3) is 3.68. The van der Waals surface area contributed by atoms with E-state index in [-0.39, 0.29) is 5.82 Å². The third-order valence-corrected chi connectivity index (χ3v) is 2.95. The average molecular weight is 238 g/mol. The predicted molar refractivity (Wildman–Crippen MR) is 65.8 cm³/mol. The minimum Gasteiger partial charge on any atom is -0.489 e. The Balaban J connectivity index is 1.74. The first-order valence-electron chi connectivity index (χ1n) is 6.09. The molecule has 1 aliphatic rings. The van der Waals surface area contributed by atoms with E-state index in [1.807, 2.05) is 0 Å². The van der Waals surface area contributed by atoms with E-state index in [4.69, 9.17) is 4.74 Å². The van der Waals surface area contributed by atoms with E-state index in [1.165, 1.54) is 6.07 Å². The molecule has 0 bridgehead atoms. The number of hydrogen-bond donors (Lipinski definition) is 1.